The van der Waals surface area contributed by atoms with Crippen LogP contribution in [0.25, 0.3) is 0 Å². The van der Waals surface area contributed by atoms with Crippen LogP contribution in [0.2, 0.25) is 0 Å². The number of esters is 1. The van der Waals surface area contributed by atoms with Gasteiger partial charge in [-0.05, 0) is 44.1 Å². The molecule has 1 saturated heterocycles. The van der Waals surface area contributed by atoms with Gasteiger partial charge in [0.2, 0.25) is 0 Å². The fourth-order valence-corrected chi connectivity index (χ4v) is 5.41. The van der Waals surface area contributed by atoms with Gasteiger partial charge in [0.1, 0.15) is 0 Å². The number of likely N-dealkylation sites (tertiary alicyclic amines) is 1. The van der Waals surface area contributed by atoms with Gasteiger partial charge in [-0.15, -0.1) is 0 Å². The monoisotopic (exact) mass is 451 g/mol. The van der Waals surface area contributed by atoms with Crippen LogP contribution in [0.3, 0.4) is 0 Å². The van der Waals surface area contributed by atoms with Crippen molar-refractivity contribution >= 4 is 11.8 Å². The molecule has 0 unspecified atom stereocenters. The number of rotatable bonds is 4. The molecule has 0 aromatic heterocycles. The van der Waals surface area contributed by atoms with Crippen molar-refractivity contribution in [2.24, 2.45) is 5.92 Å². The number of nitrogens with zero attached hydrogens (tertiary/aromatic N) is 1. The van der Waals surface area contributed by atoms with Gasteiger partial charge in [0, 0.05) is 41.5 Å². The number of halogens is 3. The van der Waals surface area contributed by atoms with Crippen molar-refractivity contribution in [1.82, 2.24) is 4.90 Å². The van der Waals surface area contributed by atoms with Crippen LogP contribution in [0.4, 0.5) is 13.2 Å². The molecule has 0 amide bonds. The van der Waals surface area contributed by atoms with Gasteiger partial charge in [-0.3, -0.25) is 4.79 Å². The molecule has 172 valence electrons. The molecule has 0 saturated carbocycles. The van der Waals surface area contributed by atoms with Crippen molar-refractivity contribution in [1.29, 1.82) is 0 Å². The normalized spacial score (nSPS) is 27.4. The van der Waals surface area contributed by atoms with E-state index in [0.717, 1.165) is 12.1 Å². The third kappa shape index (κ3) is 3.68. The maximum absolute atomic E-state index is 12.9. The zero-order valence-corrected chi connectivity index (χ0v) is 18.0. The summed E-state index contributed by atoms with van der Waals surface area (Å²) < 4.78 is 53.8. The van der Waals surface area contributed by atoms with Gasteiger partial charge in [0.25, 0.3) is 0 Å². The number of hydrogen-bond acceptors (Lipinski definition) is 6. The standard InChI is InChI=1S/C23H24F3NO5/c1-27-9-8-22-12-16(28)18(31-3)11-14(22)15(27)10-13-4-5-17(30-2)21(20(13)22)32-19(29)6-7-23(24,25)26/h4-7,11,14-15H,8-10,12H2,1-3H3/b7-6+/t14-,15+,22-/m1/s1. The maximum atomic E-state index is 12.9. The fraction of sp³-hybridized carbons (Fsp3) is 0.478. The van der Waals surface area contributed by atoms with Crippen LogP contribution >= 0.6 is 0 Å². The second-order valence-corrected chi connectivity index (χ2v) is 8.45. The number of carbonyl (C=O) groups excluding carboxylic acids is 2. The first-order valence-corrected chi connectivity index (χ1v) is 10.3. The Kier molecular flexibility index (Phi) is 5.56. The van der Waals surface area contributed by atoms with Crippen molar-refractivity contribution in [3.05, 3.63) is 47.2 Å². The van der Waals surface area contributed by atoms with E-state index in [0.29, 0.717) is 30.2 Å². The Morgan fingerprint density at radius 1 is 1.25 bits per heavy atom. The van der Waals surface area contributed by atoms with Gasteiger partial charge < -0.3 is 19.1 Å². The van der Waals surface area contributed by atoms with E-state index in [1.54, 1.807) is 6.07 Å². The lowest BCUT2D eigenvalue weighted by molar-refractivity contribution is -0.130. The lowest BCUT2D eigenvalue weighted by atomic mass is 9.53. The molecule has 3 atom stereocenters. The van der Waals surface area contributed by atoms with Crippen molar-refractivity contribution in [3.8, 4) is 11.5 Å². The molecule has 2 aliphatic carbocycles. The second-order valence-electron chi connectivity index (χ2n) is 8.45. The number of Topliss-reactive ketones (excluding diaryl/α,β-unsaturated/α-hetero) is 1. The molecule has 1 aliphatic heterocycles. The van der Waals surface area contributed by atoms with Gasteiger partial charge >= 0.3 is 12.1 Å². The Morgan fingerprint density at radius 2 is 2.00 bits per heavy atom. The van der Waals surface area contributed by atoms with E-state index in [1.165, 1.54) is 14.2 Å². The van der Waals surface area contributed by atoms with Crippen LogP contribution in [0.15, 0.2) is 36.1 Å². The minimum Gasteiger partial charge on any atom is -0.493 e. The van der Waals surface area contributed by atoms with Crippen LogP contribution in [0.5, 0.6) is 11.5 Å². The largest absolute Gasteiger partial charge is 0.493 e. The van der Waals surface area contributed by atoms with E-state index in [9.17, 15) is 22.8 Å². The number of ether oxygens (including phenoxy) is 3. The number of allylic oxidation sites excluding steroid dienone is 2. The molecule has 0 radical (unpaired) electrons. The maximum Gasteiger partial charge on any atom is 0.410 e. The molecule has 1 aromatic rings. The van der Waals surface area contributed by atoms with Gasteiger partial charge in [-0.1, -0.05) is 6.07 Å². The van der Waals surface area contributed by atoms with E-state index in [1.807, 2.05) is 19.2 Å². The van der Waals surface area contributed by atoms with Crippen LogP contribution in [-0.4, -0.2) is 56.7 Å². The molecular weight excluding hydrogens is 427 g/mol. The summed E-state index contributed by atoms with van der Waals surface area (Å²) in [6.07, 6.45) is -1.19. The summed E-state index contributed by atoms with van der Waals surface area (Å²) in [6.45, 7) is 0.725. The zero-order chi connectivity index (χ0) is 23.3. The van der Waals surface area contributed by atoms with E-state index < -0.39 is 17.6 Å². The molecule has 2 bridgehead atoms. The summed E-state index contributed by atoms with van der Waals surface area (Å²) in [5, 5.41) is 0. The highest BCUT2D eigenvalue weighted by Gasteiger charge is 2.56. The quantitative estimate of drug-likeness (QED) is 0.398. The number of methoxy groups -OCH3 is 2. The Balaban J connectivity index is 1.87. The van der Waals surface area contributed by atoms with Gasteiger partial charge in [-0.25, -0.2) is 4.79 Å². The van der Waals surface area contributed by atoms with E-state index in [4.69, 9.17) is 14.2 Å². The smallest absolute Gasteiger partial charge is 0.410 e. The summed E-state index contributed by atoms with van der Waals surface area (Å²) in [6, 6.07) is 3.63. The lowest BCUT2D eigenvalue weighted by Gasteiger charge is -2.56. The molecule has 1 aromatic carbocycles. The SMILES string of the molecule is COC1=C[C@@H]2[C@@H]3Cc4ccc(OC)c(OC(=O)/C=C/C(F)(F)F)c4[C@]2(CCN3C)CC1=O. The van der Waals surface area contributed by atoms with E-state index in [-0.39, 0.29) is 41.7 Å². The number of carbonyl (C=O) groups is 2. The van der Waals surface area contributed by atoms with Gasteiger partial charge in [-0.2, -0.15) is 13.2 Å². The molecular formula is C23H24F3NO5. The highest BCUT2D eigenvalue weighted by atomic mass is 19.4. The molecule has 32 heavy (non-hydrogen) atoms. The molecule has 1 heterocycles. The first kappa shape index (κ1) is 22.4. The number of alkyl halides is 3. The summed E-state index contributed by atoms with van der Waals surface area (Å²) in [4.78, 5) is 27.4. The summed E-state index contributed by atoms with van der Waals surface area (Å²) in [5.74, 6) is -0.779. The third-order valence-electron chi connectivity index (χ3n) is 6.80. The average Bonchev–Trinajstić information content (AvgIpc) is 2.73. The third-order valence-corrected chi connectivity index (χ3v) is 6.80. The van der Waals surface area contributed by atoms with Crippen LogP contribution in [0.1, 0.15) is 24.0 Å². The zero-order valence-electron chi connectivity index (χ0n) is 18.0. The molecule has 9 heteroatoms. The lowest BCUT2D eigenvalue weighted by Crippen LogP contribution is -2.60. The Labute approximate surface area is 183 Å². The number of likely N-dealkylation sites (N-methyl/N-ethyl adjacent to an activating group) is 1. The number of hydrogen-bond donors (Lipinski definition) is 0. The summed E-state index contributed by atoms with van der Waals surface area (Å²) in [5.41, 5.74) is 0.893. The fourth-order valence-electron chi connectivity index (χ4n) is 5.41. The highest BCUT2D eigenvalue weighted by molar-refractivity contribution is 5.96. The van der Waals surface area contributed by atoms with Crippen molar-refractivity contribution in [3.63, 3.8) is 0 Å². The number of benzene rings is 1. The Bertz CT molecular complexity index is 1020. The molecule has 1 fully saturated rings. The second kappa shape index (κ2) is 7.95. The van der Waals surface area contributed by atoms with Crippen molar-refractivity contribution in [2.75, 3.05) is 27.8 Å². The highest BCUT2D eigenvalue weighted by Crippen LogP contribution is 2.58. The minimum absolute atomic E-state index is 0.0805. The molecule has 3 aliphatic rings. The predicted molar refractivity (Wildman–Crippen MR) is 108 cm³/mol. The van der Waals surface area contributed by atoms with E-state index >= 15 is 0 Å². The summed E-state index contributed by atoms with van der Waals surface area (Å²) >= 11 is 0. The predicted octanol–water partition coefficient (Wildman–Crippen LogP) is 3.34. The Hall–Kier alpha value is -2.81. The summed E-state index contributed by atoms with van der Waals surface area (Å²) in [7, 11) is 4.89. The first-order valence-electron chi connectivity index (χ1n) is 10.3. The number of fused-ring (bicyclic) bond motifs is 1. The van der Waals surface area contributed by atoms with Crippen molar-refractivity contribution in [2.45, 2.75) is 36.9 Å². The van der Waals surface area contributed by atoms with Crippen LogP contribution in [0, 0.1) is 5.92 Å². The number of piperidine rings is 1. The minimum atomic E-state index is -4.64. The molecule has 0 spiro atoms. The van der Waals surface area contributed by atoms with Crippen LogP contribution in [-0.2, 0) is 26.2 Å². The van der Waals surface area contributed by atoms with E-state index in [2.05, 4.69) is 4.90 Å². The number of ketones is 1. The Morgan fingerprint density at radius 3 is 2.66 bits per heavy atom. The van der Waals surface area contributed by atoms with Gasteiger partial charge in [0.05, 0.1) is 14.2 Å². The average molecular weight is 451 g/mol. The molecule has 0 N–H and O–H groups in total. The first-order chi connectivity index (χ1) is 15.1. The van der Waals surface area contributed by atoms with Crippen LogP contribution < -0.4 is 9.47 Å². The van der Waals surface area contributed by atoms with Gasteiger partial charge in [0.15, 0.2) is 23.0 Å². The molecule has 4 rings (SSSR count). The molecule has 6 nitrogen and oxygen atoms in total. The van der Waals surface area contributed by atoms with Crippen molar-refractivity contribution < 1.29 is 37.0 Å². The topological polar surface area (TPSA) is 65.1 Å².